The van der Waals surface area contributed by atoms with Crippen molar-refractivity contribution < 1.29 is 14.6 Å². The average molecular weight is 304 g/mol. The first-order chi connectivity index (χ1) is 10.7. The van der Waals surface area contributed by atoms with E-state index in [0.29, 0.717) is 11.5 Å². The molecule has 22 heavy (non-hydrogen) atoms. The van der Waals surface area contributed by atoms with Gasteiger partial charge in [0.05, 0.1) is 5.60 Å². The third-order valence-electron chi connectivity index (χ3n) is 5.02. The predicted molar refractivity (Wildman–Crippen MR) is 82.5 cm³/mol. The lowest BCUT2D eigenvalue weighted by molar-refractivity contribution is -0.125. The summed E-state index contributed by atoms with van der Waals surface area (Å²) in [6.45, 7) is 2.52. The lowest BCUT2D eigenvalue weighted by atomic mass is 9.78. The maximum absolute atomic E-state index is 12.5. The van der Waals surface area contributed by atoms with Gasteiger partial charge >= 0.3 is 0 Å². The number of piperidine rings is 1. The molecule has 0 aromatic carbocycles. The van der Waals surface area contributed by atoms with Gasteiger partial charge in [0, 0.05) is 44.3 Å². The number of amides is 1. The molecule has 1 amide bonds. The minimum Gasteiger partial charge on any atom is -0.396 e. The molecule has 1 aromatic rings. The van der Waals surface area contributed by atoms with Crippen LogP contribution in [0.2, 0.25) is 0 Å². The molecule has 2 aliphatic heterocycles. The molecule has 0 bridgehead atoms. The normalized spacial score (nSPS) is 24.4. The highest BCUT2D eigenvalue weighted by Gasteiger charge is 2.40. The third kappa shape index (κ3) is 3.31. The summed E-state index contributed by atoms with van der Waals surface area (Å²) < 4.78 is 6.09. The van der Waals surface area contributed by atoms with Gasteiger partial charge in [-0.15, -0.1) is 0 Å². The van der Waals surface area contributed by atoms with Crippen molar-refractivity contribution in [2.24, 2.45) is 5.92 Å². The fourth-order valence-corrected chi connectivity index (χ4v) is 3.70. The molecule has 2 fully saturated rings. The van der Waals surface area contributed by atoms with Crippen molar-refractivity contribution in [1.29, 1.82) is 0 Å². The molecule has 2 saturated heterocycles. The van der Waals surface area contributed by atoms with Crippen molar-refractivity contribution in [1.82, 2.24) is 9.88 Å². The number of aliphatic hydroxyl groups is 1. The van der Waals surface area contributed by atoms with E-state index < -0.39 is 0 Å². The van der Waals surface area contributed by atoms with Crippen LogP contribution in [0.15, 0.2) is 24.5 Å². The number of rotatable bonds is 3. The molecule has 0 aliphatic carbocycles. The van der Waals surface area contributed by atoms with Crippen molar-refractivity contribution in [3.05, 3.63) is 30.1 Å². The van der Waals surface area contributed by atoms with Gasteiger partial charge in [-0.1, -0.05) is 0 Å². The molecule has 1 unspecified atom stereocenters. The molecule has 5 heteroatoms. The second kappa shape index (κ2) is 6.75. The summed E-state index contributed by atoms with van der Waals surface area (Å²) >= 11 is 0. The van der Waals surface area contributed by atoms with Crippen LogP contribution in [0.5, 0.6) is 0 Å². The summed E-state index contributed by atoms with van der Waals surface area (Å²) in [6, 6.07) is 3.53. The fourth-order valence-electron chi connectivity index (χ4n) is 3.70. The molecule has 1 atom stereocenters. The van der Waals surface area contributed by atoms with E-state index in [2.05, 4.69) is 4.98 Å². The van der Waals surface area contributed by atoms with Crippen molar-refractivity contribution >= 4 is 5.91 Å². The van der Waals surface area contributed by atoms with E-state index in [0.717, 1.165) is 51.8 Å². The predicted octanol–water partition coefficient (Wildman–Crippen LogP) is 1.87. The van der Waals surface area contributed by atoms with Crippen molar-refractivity contribution in [3.8, 4) is 0 Å². The molecule has 3 rings (SSSR count). The van der Waals surface area contributed by atoms with Crippen LogP contribution in [-0.2, 0) is 4.74 Å². The lowest BCUT2D eigenvalue weighted by Crippen LogP contribution is -2.50. The van der Waals surface area contributed by atoms with Crippen molar-refractivity contribution in [2.45, 2.75) is 37.7 Å². The van der Waals surface area contributed by atoms with E-state index in [1.807, 2.05) is 4.90 Å². The van der Waals surface area contributed by atoms with E-state index in [-0.39, 0.29) is 18.1 Å². The van der Waals surface area contributed by atoms with E-state index in [9.17, 15) is 4.79 Å². The van der Waals surface area contributed by atoms with E-state index in [1.54, 1.807) is 24.5 Å². The number of hydrogen-bond donors (Lipinski definition) is 1. The Morgan fingerprint density at radius 1 is 1.36 bits per heavy atom. The van der Waals surface area contributed by atoms with Gasteiger partial charge in [-0.05, 0) is 50.2 Å². The van der Waals surface area contributed by atoms with Gasteiger partial charge in [0.25, 0.3) is 5.91 Å². The zero-order chi connectivity index (χ0) is 15.4. The zero-order valence-electron chi connectivity index (χ0n) is 12.9. The number of hydrogen-bond acceptors (Lipinski definition) is 4. The number of aliphatic hydroxyl groups excluding tert-OH is 1. The van der Waals surface area contributed by atoms with Gasteiger partial charge in [-0.3, -0.25) is 9.78 Å². The molecular weight excluding hydrogens is 280 g/mol. The highest BCUT2D eigenvalue weighted by molar-refractivity contribution is 5.94. The minimum atomic E-state index is -0.0763. The Bertz CT molecular complexity index is 496. The third-order valence-corrected chi connectivity index (χ3v) is 5.02. The summed E-state index contributed by atoms with van der Waals surface area (Å²) in [4.78, 5) is 18.3. The average Bonchev–Trinajstić information content (AvgIpc) is 2.56. The van der Waals surface area contributed by atoms with Gasteiger partial charge in [0.15, 0.2) is 0 Å². The fraction of sp³-hybridized carbons (Fsp3) is 0.647. The van der Waals surface area contributed by atoms with Gasteiger partial charge in [0.1, 0.15) is 0 Å². The van der Waals surface area contributed by atoms with Gasteiger partial charge in [-0.2, -0.15) is 0 Å². The number of ether oxygens (including phenoxy) is 1. The molecule has 1 aromatic heterocycles. The smallest absolute Gasteiger partial charge is 0.253 e. The summed E-state index contributed by atoms with van der Waals surface area (Å²) in [5.74, 6) is 0.640. The van der Waals surface area contributed by atoms with Crippen molar-refractivity contribution in [3.63, 3.8) is 0 Å². The van der Waals surface area contributed by atoms with Crippen LogP contribution in [0, 0.1) is 5.92 Å². The van der Waals surface area contributed by atoms with E-state index in [4.69, 9.17) is 9.84 Å². The van der Waals surface area contributed by atoms with E-state index in [1.165, 1.54) is 0 Å². The largest absolute Gasteiger partial charge is 0.396 e. The zero-order valence-corrected chi connectivity index (χ0v) is 12.9. The summed E-state index contributed by atoms with van der Waals surface area (Å²) in [5.41, 5.74) is 0.626. The molecule has 2 aliphatic rings. The monoisotopic (exact) mass is 304 g/mol. The van der Waals surface area contributed by atoms with Gasteiger partial charge in [-0.25, -0.2) is 0 Å². The topological polar surface area (TPSA) is 62.7 Å². The molecule has 1 N–H and O–H groups in total. The van der Waals surface area contributed by atoms with Crippen LogP contribution in [0.4, 0.5) is 0 Å². The van der Waals surface area contributed by atoms with Crippen LogP contribution in [0.25, 0.3) is 0 Å². The Labute approximate surface area is 131 Å². The Kier molecular flexibility index (Phi) is 4.74. The molecular formula is C17H24N2O3. The van der Waals surface area contributed by atoms with Crippen LogP contribution >= 0.6 is 0 Å². The Balaban J connectivity index is 1.59. The first-order valence-corrected chi connectivity index (χ1v) is 8.17. The number of nitrogens with zero attached hydrogens (tertiary/aromatic N) is 2. The van der Waals surface area contributed by atoms with Crippen LogP contribution < -0.4 is 0 Å². The van der Waals surface area contributed by atoms with Crippen molar-refractivity contribution in [2.75, 3.05) is 26.3 Å². The molecule has 0 saturated carbocycles. The maximum atomic E-state index is 12.5. The lowest BCUT2D eigenvalue weighted by Gasteiger charge is -2.46. The highest BCUT2D eigenvalue weighted by Crippen LogP contribution is 2.38. The number of aromatic nitrogens is 1. The SMILES string of the molecule is O=C(c1ccncc1)N1CCC2(CC1)CC(CCO)CCO2. The van der Waals surface area contributed by atoms with Crippen LogP contribution in [-0.4, -0.2) is 52.8 Å². The maximum Gasteiger partial charge on any atom is 0.253 e. The minimum absolute atomic E-state index is 0.0763. The standard InChI is InChI=1S/C17H24N2O3/c20-11-3-14-4-12-22-17(13-14)5-9-19(10-6-17)16(21)15-1-7-18-8-2-15/h1-2,7-8,14,20H,3-6,9-13H2. The second-order valence-electron chi connectivity index (χ2n) is 6.43. The molecule has 0 radical (unpaired) electrons. The Morgan fingerprint density at radius 2 is 2.09 bits per heavy atom. The first kappa shape index (κ1) is 15.4. The summed E-state index contributed by atoms with van der Waals surface area (Å²) in [5, 5.41) is 9.15. The van der Waals surface area contributed by atoms with E-state index >= 15 is 0 Å². The molecule has 3 heterocycles. The molecule has 120 valence electrons. The van der Waals surface area contributed by atoms with Gasteiger partial charge < -0.3 is 14.7 Å². The molecule has 5 nitrogen and oxygen atoms in total. The Hall–Kier alpha value is -1.46. The Morgan fingerprint density at radius 3 is 2.77 bits per heavy atom. The van der Waals surface area contributed by atoms with Crippen LogP contribution in [0.1, 0.15) is 42.5 Å². The quantitative estimate of drug-likeness (QED) is 0.926. The van der Waals surface area contributed by atoms with Gasteiger partial charge in [0.2, 0.25) is 0 Å². The number of carbonyl (C=O) groups excluding carboxylic acids is 1. The molecule has 1 spiro atoms. The summed E-state index contributed by atoms with van der Waals surface area (Å²) in [7, 11) is 0. The summed E-state index contributed by atoms with van der Waals surface area (Å²) in [6.07, 6.45) is 8.03. The highest BCUT2D eigenvalue weighted by atomic mass is 16.5. The number of pyridine rings is 1. The number of likely N-dealkylation sites (tertiary alicyclic amines) is 1. The van der Waals surface area contributed by atoms with Crippen LogP contribution in [0.3, 0.4) is 0 Å². The second-order valence-corrected chi connectivity index (χ2v) is 6.43. The number of carbonyl (C=O) groups is 1. The first-order valence-electron chi connectivity index (χ1n) is 8.17.